The van der Waals surface area contributed by atoms with Crippen molar-refractivity contribution in [3.05, 3.63) is 59.9 Å². The highest BCUT2D eigenvalue weighted by Gasteiger charge is 2.07. The van der Waals surface area contributed by atoms with Gasteiger partial charge in [0.25, 0.3) is 0 Å². The molecule has 0 bridgehead atoms. The molecule has 0 atom stereocenters. The molecule has 0 saturated carbocycles. The number of ether oxygens (including phenoxy) is 1. The number of nitrogens with zero attached hydrogens (tertiary/aromatic N) is 2. The number of benzene rings is 2. The van der Waals surface area contributed by atoms with Crippen LogP contribution in [0.25, 0.3) is 0 Å². The van der Waals surface area contributed by atoms with Crippen LogP contribution in [-0.2, 0) is 6.42 Å². The first-order valence-corrected chi connectivity index (χ1v) is 8.67. The molecule has 0 aliphatic rings. The number of hydrogen-bond donors (Lipinski definition) is 2. The molecule has 0 aromatic heterocycles. The van der Waals surface area contributed by atoms with Gasteiger partial charge in [0.15, 0.2) is 17.5 Å². The number of likely N-dealkylation sites (N-methyl/N-ethyl adjacent to an activating group) is 1. The summed E-state index contributed by atoms with van der Waals surface area (Å²) in [4.78, 5) is 6.20. The van der Waals surface area contributed by atoms with Gasteiger partial charge in [-0.1, -0.05) is 24.3 Å². The van der Waals surface area contributed by atoms with E-state index >= 15 is 0 Å². The van der Waals surface area contributed by atoms with E-state index < -0.39 is 0 Å². The lowest BCUT2D eigenvalue weighted by atomic mass is 10.1. The summed E-state index contributed by atoms with van der Waals surface area (Å²) in [6.07, 6.45) is 1.87. The molecule has 2 aromatic carbocycles. The number of hydrogen-bond acceptors (Lipinski definition) is 3. The molecule has 0 fully saturated rings. The molecule has 2 N–H and O–H groups in total. The number of nitrogens with one attached hydrogen (secondary N) is 1. The molecule has 0 aliphatic carbocycles. The molecule has 5 nitrogen and oxygen atoms in total. The summed E-state index contributed by atoms with van der Waals surface area (Å²) in [5.74, 6) is 0.962. The Kier molecular flexibility index (Phi) is 7.74. The first-order chi connectivity index (χ1) is 12.6. The fraction of sp³-hybridized carbons (Fsp3) is 0.350. The van der Waals surface area contributed by atoms with Crippen LogP contribution in [-0.4, -0.2) is 49.8 Å². The number of phenols is 1. The Morgan fingerprint density at radius 1 is 1.19 bits per heavy atom. The van der Waals surface area contributed by atoms with Crippen molar-refractivity contribution in [1.29, 1.82) is 0 Å². The van der Waals surface area contributed by atoms with Gasteiger partial charge in [-0.15, -0.1) is 0 Å². The highest BCUT2D eigenvalue weighted by atomic mass is 19.1. The maximum Gasteiger partial charge on any atom is 0.193 e. The van der Waals surface area contributed by atoms with Crippen LogP contribution >= 0.6 is 0 Å². The zero-order valence-corrected chi connectivity index (χ0v) is 15.3. The summed E-state index contributed by atoms with van der Waals surface area (Å²) in [7, 11) is 3.65. The number of halogens is 1. The van der Waals surface area contributed by atoms with Gasteiger partial charge in [-0.25, -0.2) is 4.39 Å². The summed E-state index contributed by atoms with van der Waals surface area (Å²) >= 11 is 0. The molecule has 26 heavy (non-hydrogen) atoms. The van der Waals surface area contributed by atoms with Crippen LogP contribution in [0.3, 0.4) is 0 Å². The van der Waals surface area contributed by atoms with E-state index in [-0.39, 0.29) is 17.3 Å². The van der Waals surface area contributed by atoms with E-state index in [9.17, 15) is 9.50 Å². The second-order valence-electron chi connectivity index (χ2n) is 5.94. The lowest BCUT2D eigenvalue weighted by Crippen LogP contribution is -2.41. The van der Waals surface area contributed by atoms with Gasteiger partial charge in [0.2, 0.25) is 0 Å². The number of rotatable bonds is 8. The third kappa shape index (κ3) is 6.27. The maximum atomic E-state index is 13.5. The predicted molar refractivity (Wildman–Crippen MR) is 102 cm³/mol. The van der Waals surface area contributed by atoms with E-state index in [0.717, 1.165) is 25.3 Å². The van der Waals surface area contributed by atoms with E-state index in [0.29, 0.717) is 13.2 Å². The molecular formula is C20H26FN3O2. The van der Waals surface area contributed by atoms with Crippen molar-refractivity contribution in [3.8, 4) is 11.5 Å². The molecule has 0 heterocycles. The van der Waals surface area contributed by atoms with Crippen LogP contribution in [0.2, 0.25) is 0 Å². The van der Waals surface area contributed by atoms with Gasteiger partial charge in [0.05, 0.1) is 6.54 Å². The van der Waals surface area contributed by atoms with Gasteiger partial charge in [-0.2, -0.15) is 0 Å². The van der Waals surface area contributed by atoms with Crippen molar-refractivity contribution in [2.45, 2.75) is 12.8 Å². The van der Waals surface area contributed by atoms with E-state index in [4.69, 9.17) is 4.74 Å². The Bertz CT molecular complexity index is 704. The Morgan fingerprint density at radius 2 is 1.92 bits per heavy atom. The van der Waals surface area contributed by atoms with Gasteiger partial charge in [0, 0.05) is 20.6 Å². The summed E-state index contributed by atoms with van der Waals surface area (Å²) < 4.78 is 19.0. The Morgan fingerprint density at radius 3 is 2.62 bits per heavy atom. The number of phenolic OH excluding ortho intramolecular Hbond substituents is 1. The molecule has 0 aliphatic heterocycles. The maximum absolute atomic E-state index is 13.5. The number of aromatic hydroxyl groups is 1. The summed E-state index contributed by atoms with van der Waals surface area (Å²) in [5.41, 5.74) is 1.19. The number of aryl methyl sites for hydroxylation is 1. The Balaban J connectivity index is 1.68. The largest absolute Gasteiger partial charge is 0.508 e. The fourth-order valence-corrected chi connectivity index (χ4v) is 2.50. The molecule has 6 heteroatoms. The van der Waals surface area contributed by atoms with Crippen LogP contribution in [0.5, 0.6) is 11.5 Å². The molecular weight excluding hydrogens is 333 g/mol. The lowest BCUT2D eigenvalue weighted by Gasteiger charge is -2.22. The topological polar surface area (TPSA) is 57.1 Å². The highest BCUT2D eigenvalue weighted by Crippen LogP contribution is 2.15. The summed E-state index contributed by atoms with van der Waals surface area (Å²) in [6.45, 7) is 1.74. The molecule has 0 amide bonds. The Labute approximate surface area is 154 Å². The van der Waals surface area contributed by atoms with Crippen LogP contribution in [0, 0.1) is 5.82 Å². The molecule has 0 unspecified atom stereocenters. The minimum Gasteiger partial charge on any atom is -0.508 e. The van der Waals surface area contributed by atoms with Gasteiger partial charge in [-0.05, 0) is 42.7 Å². The first kappa shape index (κ1) is 19.6. The lowest BCUT2D eigenvalue weighted by molar-refractivity contribution is 0.270. The van der Waals surface area contributed by atoms with Crippen molar-refractivity contribution >= 4 is 5.96 Å². The zero-order valence-electron chi connectivity index (χ0n) is 15.3. The van der Waals surface area contributed by atoms with Crippen molar-refractivity contribution in [3.63, 3.8) is 0 Å². The Hall–Kier alpha value is -2.76. The van der Waals surface area contributed by atoms with E-state index in [1.54, 1.807) is 37.4 Å². The molecule has 0 spiro atoms. The van der Waals surface area contributed by atoms with Crippen molar-refractivity contribution in [2.24, 2.45) is 4.99 Å². The van der Waals surface area contributed by atoms with Crippen LogP contribution in [0.1, 0.15) is 12.0 Å². The first-order valence-electron chi connectivity index (χ1n) is 8.67. The molecule has 2 rings (SSSR count). The third-order valence-corrected chi connectivity index (χ3v) is 3.96. The highest BCUT2D eigenvalue weighted by molar-refractivity contribution is 5.79. The minimum atomic E-state index is -0.355. The predicted octanol–water partition coefficient (Wildman–Crippen LogP) is 3.05. The monoisotopic (exact) mass is 359 g/mol. The third-order valence-electron chi connectivity index (χ3n) is 3.96. The molecule has 0 saturated heterocycles. The van der Waals surface area contributed by atoms with Crippen molar-refractivity contribution in [2.75, 3.05) is 33.8 Å². The van der Waals surface area contributed by atoms with Crippen LogP contribution < -0.4 is 10.1 Å². The van der Waals surface area contributed by atoms with E-state index in [1.165, 1.54) is 11.6 Å². The fourth-order valence-electron chi connectivity index (χ4n) is 2.50. The van der Waals surface area contributed by atoms with Crippen LogP contribution in [0.15, 0.2) is 53.5 Å². The molecule has 0 radical (unpaired) electrons. The van der Waals surface area contributed by atoms with E-state index in [1.807, 2.05) is 24.1 Å². The van der Waals surface area contributed by atoms with Gasteiger partial charge in [0.1, 0.15) is 12.4 Å². The standard InChI is InChI=1S/C20H26FN3O2/c1-22-20(23-13-5-6-16-9-11-17(25)12-10-16)24(2)14-15-26-19-8-4-3-7-18(19)21/h3-4,7-12,25H,5-6,13-15H2,1-2H3,(H,22,23). The average molecular weight is 359 g/mol. The number of aliphatic imine (C=N–C) groups is 1. The average Bonchev–Trinajstić information content (AvgIpc) is 2.64. The normalized spacial score (nSPS) is 11.3. The smallest absolute Gasteiger partial charge is 0.193 e. The van der Waals surface area contributed by atoms with Gasteiger partial charge in [-0.3, -0.25) is 4.99 Å². The second-order valence-corrected chi connectivity index (χ2v) is 5.94. The van der Waals surface area contributed by atoms with Crippen molar-refractivity contribution < 1.29 is 14.2 Å². The van der Waals surface area contributed by atoms with Crippen LogP contribution in [0.4, 0.5) is 4.39 Å². The van der Waals surface area contributed by atoms with E-state index in [2.05, 4.69) is 10.3 Å². The minimum absolute atomic E-state index is 0.262. The molecule has 140 valence electrons. The summed E-state index contributed by atoms with van der Waals surface area (Å²) in [6, 6.07) is 13.6. The van der Waals surface area contributed by atoms with Crippen molar-refractivity contribution in [1.82, 2.24) is 10.2 Å². The zero-order chi connectivity index (χ0) is 18.8. The quantitative estimate of drug-likeness (QED) is 0.432. The second kappa shape index (κ2) is 10.3. The number of guanidine groups is 1. The summed E-state index contributed by atoms with van der Waals surface area (Å²) in [5, 5.41) is 12.6. The van der Waals surface area contributed by atoms with Gasteiger partial charge < -0.3 is 20.1 Å². The number of para-hydroxylation sites is 1. The SMILES string of the molecule is CN=C(NCCCc1ccc(O)cc1)N(C)CCOc1ccccc1F. The molecule has 2 aromatic rings. The van der Waals surface area contributed by atoms with Gasteiger partial charge >= 0.3 is 0 Å².